The largest absolute Gasteiger partial charge is 0.350 e. The van der Waals surface area contributed by atoms with Crippen LogP contribution in [0.3, 0.4) is 0 Å². The summed E-state index contributed by atoms with van der Waals surface area (Å²) in [5, 5.41) is 8.52. The fourth-order valence-corrected chi connectivity index (χ4v) is 3.79. The lowest BCUT2D eigenvalue weighted by atomic mass is 10.1. The van der Waals surface area contributed by atoms with Gasteiger partial charge in [-0.25, -0.2) is 9.67 Å². The lowest BCUT2D eigenvalue weighted by molar-refractivity contribution is -0.122. The minimum absolute atomic E-state index is 0.108. The van der Waals surface area contributed by atoms with Crippen LogP contribution < -0.4 is 10.9 Å². The molecule has 2 aromatic heterocycles. The van der Waals surface area contributed by atoms with Gasteiger partial charge in [-0.05, 0) is 24.6 Å². The van der Waals surface area contributed by atoms with Crippen LogP contribution in [0.25, 0.3) is 21.0 Å². The zero-order valence-corrected chi connectivity index (χ0v) is 14.9. The van der Waals surface area contributed by atoms with E-state index in [4.69, 9.17) is 0 Å². The molecule has 26 heavy (non-hydrogen) atoms. The molecular weight excluding hydrogens is 348 g/mol. The summed E-state index contributed by atoms with van der Waals surface area (Å²) >= 11 is 1.55. The Morgan fingerprint density at radius 1 is 1.15 bits per heavy atom. The molecule has 2 heterocycles. The standard InChI is InChI=1S/C19H16N4O2S/c1-12-14-6-2-3-7-15(14)19(25)23(22-12)10-17(24)20-9-13-5-4-8-16-18(13)26-11-21-16/h2-8,11H,9-10H2,1H3,(H,20,24). The average molecular weight is 364 g/mol. The molecule has 0 bridgehead atoms. The van der Waals surface area contributed by atoms with E-state index in [0.717, 1.165) is 26.9 Å². The number of nitrogens with one attached hydrogen (secondary N) is 1. The van der Waals surface area contributed by atoms with E-state index in [9.17, 15) is 9.59 Å². The first kappa shape index (κ1) is 16.4. The van der Waals surface area contributed by atoms with Crippen molar-refractivity contribution in [2.45, 2.75) is 20.0 Å². The number of nitrogens with zero attached hydrogens (tertiary/aromatic N) is 3. The normalized spacial score (nSPS) is 11.1. The van der Waals surface area contributed by atoms with E-state index in [-0.39, 0.29) is 18.0 Å². The molecule has 0 spiro atoms. The first-order valence-corrected chi connectivity index (χ1v) is 9.06. The van der Waals surface area contributed by atoms with Crippen molar-refractivity contribution in [2.24, 2.45) is 0 Å². The number of aryl methyl sites for hydroxylation is 1. The number of carbonyl (C=O) groups excluding carboxylic acids is 1. The maximum absolute atomic E-state index is 12.5. The number of carbonyl (C=O) groups is 1. The second kappa shape index (κ2) is 6.68. The monoisotopic (exact) mass is 364 g/mol. The van der Waals surface area contributed by atoms with E-state index in [2.05, 4.69) is 15.4 Å². The second-order valence-corrected chi connectivity index (χ2v) is 6.84. The van der Waals surface area contributed by atoms with Gasteiger partial charge in [0.1, 0.15) is 6.54 Å². The third-order valence-corrected chi connectivity index (χ3v) is 5.18. The van der Waals surface area contributed by atoms with Crippen molar-refractivity contribution in [1.29, 1.82) is 0 Å². The molecular formula is C19H16N4O2S. The highest BCUT2D eigenvalue weighted by atomic mass is 32.1. The van der Waals surface area contributed by atoms with E-state index in [1.165, 1.54) is 4.68 Å². The highest BCUT2D eigenvalue weighted by Gasteiger charge is 2.11. The van der Waals surface area contributed by atoms with Gasteiger partial charge in [0.05, 0.1) is 26.8 Å². The summed E-state index contributed by atoms with van der Waals surface area (Å²) in [5.41, 5.74) is 4.18. The van der Waals surface area contributed by atoms with Crippen LogP contribution in [0.15, 0.2) is 52.8 Å². The predicted octanol–water partition coefficient (Wildman–Crippen LogP) is 2.63. The van der Waals surface area contributed by atoms with Crippen molar-refractivity contribution in [2.75, 3.05) is 0 Å². The SMILES string of the molecule is Cc1nn(CC(=O)NCc2cccc3ncsc23)c(=O)c2ccccc12. The zero-order valence-electron chi connectivity index (χ0n) is 14.1. The molecule has 130 valence electrons. The van der Waals surface area contributed by atoms with Crippen molar-refractivity contribution in [3.05, 3.63) is 69.6 Å². The van der Waals surface area contributed by atoms with Crippen LogP contribution in [-0.2, 0) is 17.9 Å². The summed E-state index contributed by atoms with van der Waals surface area (Å²) in [7, 11) is 0. The van der Waals surface area contributed by atoms with Crippen LogP contribution in [-0.4, -0.2) is 20.7 Å². The molecule has 0 unspecified atom stereocenters. The van der Waals surface area contributed by atoms with Gasteiger partial charge >= 0.3 is 0 Å². The van der Waals surface area contributed by atoms with E-state index in [1.807, 2.05) is 43.3 Å². The number of benzene rings is 2. The maximum atomic E-state index is 12.5. The second-order valence-electron chi connectivity index (χ2n) is 5.99. The number of fused-ring (bicyclic) bond motifs is 2. The van der Waals surface area contributed by atoms with Crippen LogP contribution >= 0.6 is 11.3 Å². The first-order chi connectivity index (χ1) is 12.6. The van der Waals surface area contributed by atoms with Gasteiger partial charge in [-0.15, -0.1) is 11.3 Å². The fourth-order valence-electron chi connectivity index (χ4n) is 2.98. The molecule has 0 atom stereocenters. The molecule has 2 aromatic carbocycles. The van der Waals surface area contributed by atoms with Gasteiger partial charge in [0, 0.05) is 11.9 Å². The van der Waals surface area contributed by atoms with E-state index in [1.54, 1.807) is 22.9 Å². The minimum Gasteiger partial charge on any atom is -0.350 e. The highest BCUT2D eigenvalue weighted by Crippen LogP contribution is 2.21. The van der Waals surface area contributed by atoms with Gasteiger partial charge in [-0.1, -0.05) is 30.3 Å². The number of hydrogen-bond acceptors (Lipinski definition) is 5. The van der Waals surface area contributed by atoms with Gasteiger partial charge in [0.2, 0.25) is 5.91 Å². The minimum atomic E-state index is -0.258. The van der Waals surface area contributed by atoms with Crippen molar-refractivity contribution in [1.82, 2.24) is 20.1 Å². The summed E-state index contributed by atoms with van der Waals surface area (Å²) in [6, 6.07) is 13.1. The molecule has 0 aliphatic rings. The van der Waals surface area contributed by atoms with Crippen LogP contribution in [0.5, 0.6) is 0 Å². The molecule has 4 rings (SSSR count). The van der Waals surface area contributed by atoms with Crippen LogP contribution in [0.4, 0.5) is 0 Å². The lowest BCUT2D eigenvalue weighted by Crippen LogP contribution is -2.33. The average Bonchev–Trinajstić information content (AvgIpc) is 3.13. The molecule has 0 fully saturated rings. The summed E-state index contributed by atoms with van der Waals surface area (Å²) in [6.45, 7) is 2.11. The van der Waals surface area contributed by atoms with Crippen molar-refractivity contribution < 1.29 is 4.79 Å². The molecule has 0 aliphatic heterocycles. The summed E-state index contributed by atoms with van der Waals surface area (Å²) in [5.74, 6) is -0.254. The highest BCUT2D eigenvalue weighted by molar-refractivity contribution is 7.16. The van der Waals surface area contributed by atoms with Crippen molar-refractivity contribution in [3.8, 4) is 0 Å². The number of rotatable bonds is 4. The van der Waals surface area contributed by atoms with Gasteiger partial charge in [-0.2, -0.15) is 5.10 Å². The number of amides is 1. The van der Waals surface area contributed by atoms with Crippen molar-refractivity contribution in [3.63, 3.8) is 0 Å². The topological polar surface area (TPSA) is 76.9 Å². The number of aromatic nitrogens is 3. The Bertz CT molecular complexity index is 1180. The molecule has 0 aliphatic carbocycles. The molecule has 7 heteroatoms. The van der Waals surface area contributed by atoms with Crippen molar-refractivity contribution >= 4 is 38.2 Å². The predicted molar refractivity (Wildman–Crippen MR) is 102 cm³/mol. The third-order valence-electron chi connectivity index (χ3n) is 4.26. The summed E-state index contributed by atoms with van der Waals surface area (Å²) < 4.78 is 2.28. The lowest BCUT2D eigenvalue weighted by Gasteiger charge is -2.09. The maximum Gasteiger partial charge on any atom is 0.275 e. The first-order valence-electron chi connectivity index (χ1n) is 8.18. The van der Waals surface area contributed by atoms with Gasteiger partial charge in [-0.3, -0.25) is 9.59 Å². The quantitative estimate of drug-likeness (QED) is 0.604. The van der Waals surface area contributed by atoms with Crippen LogP contribution in [0.2, 0.25) is 0 Å². The molecule has 4 aromatic rings. The Balaban J connectivity index is 1.54. The molecule has 1 N–H and O–H groups in total. The van der Waals surface area contributed by atoms with Gasteiger partial charge in [0.25, 0.3) is 5.56 Å². The Hall–Kier alpha value is -3.06. The summed E-state index contributed by atoms with van der Waals surface area (Å²) in [4.78, 5) is 29.2. The van der Waals surface area contributed by atoms with Crippen LogP contribution in [0.1, 0.15) is 11.3 Å². The molecule has 1 amide bonds. The Morgan fingerprint density at radius 2 is 1.96 bits per heavy atom. The van der Waals surface area contributed by atoms with Crippen LogP contribution in [0, 0.1) is 6.92 Å². The molecule has 0 saturated carbocycles. The number of hydrogen-bond donors (Lipinski definition) is 1. The fraction of sp³-hybridized carbons (Fsp3) is 0.158. The Labute approximate surface area is 153 Å². The smallest absolute Gasteiger partial charge is 0.275 e. The van der Waals surface area contributed by atoms with Gasteiger partial charge in [0.15, 0.2) is 0 Å². The Kier molecular flexibility index (Phi) is 4.22. The zero-order chi connectivity index (χ0) is 18.1. The van der Waals surface area contributed by atoms with E-state index < -0.39 is 0 Å². The third kappa shape index (κ3) is 2.97. The number of thiazole rings is 1. The van der Waals surface area contributed by atoms with Gasteiger partial charge < -0.3 is 5.32 Å². The molecule has 0 radical (unpaired) electrons. The van der Waals surface area contributed by atoms with E-state index in [0.29, 0.717) is 11.9 Å². The molecule has 6 nitrogen and oxygen atoms in total. The molecule has 0 saturated heterocycles. The van der Waals surface area contributed by atoms with E-state index >= 15 is 0 Å². The summed E-state index contributed by atoms with van der Waals surface area (Å²) in [6.07, 6.45) is 0. The Morgan fingerprint density at radius 3 is 2.81 bits per heavy atom.